The highest BCUT2D eigenvalue weighted by Crippen LogP contribution is 2.44. The minimum absolute atomic E-state index is 0.0467. The standard InChI is InChI=1S/C31H38N2O10/c1-30(2,3)42-25(34)15-23(27(37)40-17-24(26(35)36)33-29(39)43-31(4,5)6)32-28(38)41-16-22-20-13-9-7-11-18(20)19-12-8-10-14-21(19)22/h7-14,22-24H,15-17H2,1-6H3,(H,32,38)(H,33,39)(H,35,36)/t23-,24-/m0/s1. The van der Waals surface area contributed by atoms with Crippen LogP contribution in [0.5, 0.6) is 0 Å². The summed E-state index contributed by atoms with van der Waals surface area (Å²) in [4.78, 5) is 62.1. The third kappa shape index (κ3) is 9.73. The number of hydrogen-bond donors (Lipinski definition) is 3. The maximum Gasteiger partial charge on any atom is 0.408 e. The summed E-state index contributed by atoms with van der Waals surface area (Å²) in [7, 11) is 0. The molecule has 3 N–H and O–H groups in total. The van der Waals surface area contributed by atoms with Gasteiger partial charge < -0.3 is 34.7 Å². The molecule has 0 aliphatic heterocycles. The Morgan fingerprint density at radius 2 is 1.26 bits per heavy atom. The van der Waals surface area contributed by atoms with E-state index in [1.54, 1.807) is 41.5 Å². The number of esters is 2. The third-order valence-electron chi connectivity index (χ3n) is 6.09. The molecule has 0 spiro atoms. The van der Waals surface area contributed by atoms with Crippen LogP contribution in [0.25, 0.3) is 11.1 Å². The van der Waals surface area contributed by atoms with Gasteiger partial charge in [0.05, 0.1) is 6.42 Å². The first-order valence-electron chi connectivity index (χ1n) is 13.8. The molecular formula is C31H38N2O10. The molecule has 0 bridgehead atoms. The zero-order valence-electron chi connectivity index (χ0n) is 25.1. The van der Waals surface area contributed by atoms with Crippen molar-refractivity contribution < 1.29 is 48.0 Å². The van der Waals surface area contributed by atoms with Crippen molar-refractivity contribution in [2.24, 2.45) is 0 Å². The first-order valence-corrected chi connectivity index (χ1v) is 13.8. The predicted octanol–water partition coefficient (Wildman–Crippen LogP) is 4.15. The van der Waals surface area contributed by atoms with Crippen LogP contribution in [0.3, 0.4) is 0 Å². The first kappa shape index (κ1) is 32.9. The Labute approximate surface area is 250 Å². The number of carbonyl (C=O) groups is 5. The second-order valence-electron chi connectivity index (χ2n) is 12.0. The van der Waals surface area contributed by atoms with Crippen LogP contribution < -0.4 is 10.6 Å². The van der Waals surface area contributed by atoms with Crippen molar-refractivity contribution in [1.82, 2.24) is 10.6 Å². The molecule has 0 aromatic heterocycles. The van der Waals surface area contributed by atoms with Crippen LogP contribution in [0.1, 0.15) is 65.0 Å². The van der Waals surface area contributed by atoms with Crippen molar-refractivity contribution in [3.05, 3.63) is 59.7 Å². The topological polar surface area (TPSA) is 167 Å². The second-order valence-corrected chi connectivity index (χ2v) is 12.0. The molecule has 43 heavy (non-hydrogen) atoms. The van der Waals surface area contributed by atoms with E-state index in [9.17, 15) is 29.1 Å². The Hall–Kier alpha value is -4.61. The Bertz CT molecular complexity index is 1310. The second kappa shape index (κ2) is 13.6. The lowest BCUT2D eigenvalue weighted by atomic mass is 9.98. The zero-order chi connectivity index (χ0) is 31.9. The van der Waals surface area contributed by atoms with Gasteiger partial charge in [-0.3, -0.25) is 4.79 Å². The van der Waals surface area contributed by atoms with Crippen molar-refractivity contribution in [1.29, 1.82) is 0 Å². The van der Waals surface area contributed by atoms with E-state index in [1.807, 2.05) is 48.5 Å². The highest BCUT2D eigenvalue weighted by atomic mass is 16.6. The van der Waals surface area contributed by atoms with Crippen molar-refractivity contribution in [2.75, 3.05) is 13.2 Å². The number of alkyl carbamates (subject to hydrolysis) is 2. The molecule has 0 unspecified atom stereocenters. The molecule has 0 heterocycles. The van der Waals surface area contributed by atoms with E-state index >= 15 is 0 Å². The fourth-order valence-corrected chi connectivity index (χ4v) is 4.42. The van der Waals surface area contributed by atoms with Gasteiger partial charge in [-0.05, 0) is 63.8 Å². The molecule has 12 nitrogen and oxygen atoms in total. The SMILES string of the molecule is CC(C)(C)OC(=O)C[C@H](NC(=O)OCC1c2ccccc2-c2ccccc21)C(=O)OC[C@H](NC(=O)OC(C)(C)C)C(=O)O. The lowest BCUT2D eigenvalue weighted by molar-refractivity contribution is -0.160. The largest absolute Gasteiger partial charge is 0.480 e. The molecule has 2 aromatic rings. The van der Waals surface area contributed by atoms with Crippen molar-refractivity contribution in [2.45, 2.75) is 77.2 Å². The van der Waals surface area contributed by atoms with Crippen LogP contribution in [0.4, 0.5) is 9.59 Å². The number of carbonyl (C=O) groups excluding carboxylic acids is 4. The van der Waals surface area contributed by atoms with Gasteiger partial charge in [-0.15, -0.1) is 0 Å². The number of fused-ring (bicyclic) bond motifs is 3. The number of amides is 2. The summed E-state index contributed by atoms with van der Waals surface area (Å²) in [6.45, 7) is 8.85. The minimum atomic E-state index is -1.66. The summed E-state index contributed by atoms with van der Waals surface area (Å²) in [5, 5.41) is 13.9. The fraction of sp³-hybridized carbons (Fsp3) is 0.452. The summed E-state index contributed by atoms with van der Waals surface area (Å²) >= 11 is 0. The van der Waals surface area contributed by atoms with Crippen molar-refractivity contribution in [3.8, 4) is 11.1 Å². The van der Waals surface area contributed by atoms with E-state index in [0.29, 0.717) is 0 Å². The average molecular weight is 599 g/mol. The van der Waals surface area contributed by atoms with E-state index in [2.05, 4.69) is 10.6 Å². The van der Waals surface area contributed by atoms with E-state index in [1.165, 1.54) is 0 Å². The predicted molar refractivity (Wildman–Crippen MR) is 154 cm³/mol. The van der Waals surface area contributed by atoms with Gasteiger partial charge in [0.2, 0.25) is 0 Å². The monoisotopic (exact) mass is 598 g/mol. The summed E-state index contributed by atoms with van der Waals surface area (Å²) in [6.07, 6.45) is -2.63. The quantitative estimate of drug-likeness (QED) is 0.267. The summed E-state index contributed by atoms with van der Waals surface area (Å²) in [6, 6.07) is 12.3. The Kier molecular flexibility index (Phi) is 10.4. The smallest absolute Gasteiger partial charge is 0.408 e. The number of carboxylic acids is 1. The van der Waals surface area contributed by atoms with Crippen LogP contribution in [-0.4, -0.2) is 71.7 Å². The van der Waals surface area contributed by atoms with Gasteiger partial charge in [-0.2, -0.15) is 0 Å². The summed E-state index contributed by atoms with van der Waals surface area (Å²) < 4.78 is 20.9. The fourth-order valence-electron chi connectivity index (χ4n) is 4.42. The van der Waals surface area contributed by atoms with Crippen LogP contribution in [-0.2, 0) is 33.3 Å². The number of nitrogens with one attached hydrogen (secondary N) is 2. The molecule has 2 atom stereocenters. The number of benzene rings is 2. The Balaban J connectivity index is 1.68. The number of hydrogen-bond acceptors (Lipinski definition) is 9. The van der Waals surface area contributed by atoms with Gasteiger partial charge in [0.1, 0.15) is 30.5 Å². The lowest BCUT2D eigenvalue weighted by Crippen LogP contribution is -2.49. The lowest BCUT2D eigenvalue weighted by Gasteiger charge is -2.24. The molecule has 0 saturated carbocycles. The molecule has 232 valence electrons. The maximum atomic E-state index is 13.0. The molecule has 0 fully saturated rings. The number of carboxylic acid groups (broad SMARTS) is 1. The van der Waals surface area contributed by atoms with Gasteiger partial charge in [-0.25, -0.2) is 19.2 Å². The molecule has 1 aliphatic rings. The van der Waals surface area contributed by atoms with Crippen LogP contribution >= 0.6 is 0 Å². The van der Waals surface area contributed by atoms with Crippen molar-refractivity contribution in [3.63, 3.8) is 0 Å². The normalized spacial score (nSPS) is 13.9. The Morgan fingerprint density at radius 1 is 0.744 bits per heavy atom. The average Bonchev–Trinajstić information content (AvgIpc) is 3.20. The van der Waals surface area contributed by atoms with Crippen LogP contribution in [0, 0.1) is 0 Å². The molecule has 2 amide bonds. The molecule has 12 heteroatoms. The van der Waals surface area contributed by atoms with Crippen LogP contribution in [0.15, 0.2) is 48.5 Å². The summed E-state index contributed by atoms with van der Waals surface area (Å²) in [5.74, 6) is -3.68. The molecular weight excluding hydrogens is 560 g/mol. The molecule has 0 radical (unpaired) electrons. The molecule has 1 aliphatic carbocycles. The van der Waals surface area contributed by atoms with Gasteiger partial charge in [-0.1, -0.05) is 48.5 Å². The highest BCUT2D eigenvalue weighted by Gasteiger charge is 2.33. The summed E-state index contributed by atoms with van der Waals surface area (Å²) in [5.41, 5.74) is 2.27. The van der Waals surface area contributed by atoms with Gasteiger partial charge >= 0.3 is 30.1 Å². The molecule has 3 rings (SSSR count). The molecule has 0 saturated heterocycles. The maximum absolute atomic E-state index is 13.0. The third-order valence-corrected chi connectivity index (χ3v) is 6.09. The molecule has 2 aromatic carbocycles. The van der Waals surface area contributed by atoms with E-state index in [-0.39, 0.29) is 12.5 Å². The minimum Gasteiger partial charge on any atom is -0.480 e. The zero-order valence-corrected chi connectivity index (χ0v) is 25.1. The van der Waals surface area contributed by atoms with Crippen LogP contribution in [0.2, 0.25) is 0 Å². The highest BCUT2D eigenvalue weighted by molar-refractivity contribution is 5.87. The Morgan fingerprint density at radius 3 is 1.77 bits per heavy atom. The van der Waals surface area contributed by atoms with E-state index in [4.69, 9.17) is 18.9 Å². The van der Waals surface area contributed by atoms with Gasteiger partial charge in [0, 0.05) is 5.92 Å². The number of rotatable bonds is 10. The van der Waals surface area contributed by atoms with Gasteiger partial charge in [0.25, 0.3) is 0 Å². The van der Waals surface area contributed by atoms with E-state index in [0.717, 1.165) is 22.3 Å². The van der Waals surface area contributed by atoms with Crippen molar-refractivity contribution >= 4 is 30.1 Å². The van der Waals surface area contributed by atoms with E-state index < -0.39 is 66.4 Å². The van der Waals surface area contributed by atoms with Gasteiger partial charge in [0.15, 0.2) is 6.04 Å². The number of ether oxygens (including phenoxy) is 4. The number of aliphatic carboxylic acids is 1. The first-order chi connectivity index (χ1) is 20.0.